The van der Waals surface area contributed by atoms with Crippen LogP contribution in [0.5, 0.6) is 11.5 Å². The van der Waals surface area contributed by atoms with E-state index in [1.165, 1.54) is 25.3 Å². The number of nitrogens with zero attached hydrogens (tertiary/aromatic N) is 2. The number of fused-ring (bicyclic) bond motifs is 3. The Balaban J connectivity index is 1.27. The van der Waals surface area contributed by atoms with E-state index < -0.39 is 25.1 Å². The number of halogens is 1. The summed E-state index contributed by atoms with van der Waals surface area (Å²) in [4.78, 5) is 41.0. The van der Waals surface area contributed by atoms with Gasteiger partial charge in [-0.05, 0) is 99.1 Å². The van der Waals surface area contributed by atoms with Gasteiger partial charge in [0.15, 0.2) is 11.5 Å². The molecule has 2 aliphatic heterocycles. The highest BCUT2D eigenvalue weighted by atomic mass is 127. The van der Waals surface area contributed by atoms with Crippen molar-refractivity contribution >= 4 is 70.5 Å². The molecule has 12 heteroatoms. The number of amides is 2. The second kappa shape index (κ2) is 16.3. The molecule has 57 heavy (non-hydrogen) atoms. The van der Waals surface area contributed by atoms with Crippen LogP contribution in [0, 0.1) is 31.4 Å². The molecule has 0 saturated carbocycles. The molecule has 4 atom stereocenters. The number of imide groups is 1. The fourth-order valence-electron chi connectivity index (χ4n) is 9.11. The molecule has 2 fully saturated rings. The molecule has 0 aromatic heterocycles. The standard InChI is InChI=1S/C45H47IN2O8Si/c1-28(21-29-22-37(46)42(49)39(23-29)54-5)19-20-38-40-30(26-56-57(45(2,3)4,33-15-8-6-9-16-33)34-17-10-7-11-18-34)24-35-41(36(40)27-55-38)44(51)47(43(35)50)31-13-12-14-32(25-31)48(52)53/h6-18,21-23,25,35-36,38,41,49H,19-20,24,26-27H2,1-5H3/b28-21+/t35-,36+,38-,41-/m1/s1. The summed E-state index contributed by atoms with van der Waals surface area (Å²) in [5.41, 5.74) is 4.05. The van der Waals surface area contributed by atoms with Gasteiger partial charge in [-0.2, -0.15) is 0 Å². The summed E-state index contributed by atoms with van der Waals surface area (Å²) in [6.07, 6.45) is 3.44. The topological polar surface area (TPSA) is 128 Å². The minimum Gasteiger partial charge on any atom is -0.504 e. The summed E-state index contributed by atoms with van der Waals surface area (Å²) in [6, 6.07) is 30.3. The Morgan fingerprint density at radius 1 is 0.982 bits per heavy atom. The van der Waals surface area contributed by atoms with Gasteiger partial charge in [0.1, 0.15) is 0 Å². The van der Waals surface area contributed by atoms with E-state index in [4.69, 9.17) is 13.9 Å². The van der Waals surface area contributed by atoms with Crippen molar-refractivity contribution < 1.29 is 33.5 Å². The van der Waals surface area contributed by atoms with E-state index in [2.05, 4.69) is 105 Å². The van der Waals surface area contributed by atoms with E-state index in [0.717, 1.165) is 37.6 Å². The van der Waals surface area contributed by atoms with Crippen molar-refractivity contribution in [1.29, 1.82) is 0 Å². The Morgan fingerprint density at radius 3 is 2.26 bits per heavy atom. The number of ether oxygens (including phenoxy) is 2. The summed E-state index contributed by atoms with van der Waals surface area (Å²) in [5, 5.41) is 24.0. The molecule has 0 radical (unpaired) electrons. The summed E-state index contributed by atoms with van der Waals surface area (Å²) in [7, 11) is -1.45. The predicted octanol–water partition coefficient (Wildman–Crippen LogP) is 8.19. The van der Waals surface area contributed by atoms with Gasteiger partial charge in [-0.1, -0.05) is 99.2 Å². The monoisotopic (exact) mass is 898 g/mol. The Hall–Kier alpha value is -4.63. The lowest BCUT2D eigenvalue weighted by atomic mass is 9.69. The molecule has 2 saturated heterocycles. The van der Waals surface area contributed by atoms with Crippen molar-refractivity contribution in [2.24, 2.45) is 17.8 Å². The number of benzene rings is 4. The van der Waals surface area contributed by atoms with Crippen LogP contribution in [-0.4, -0.2) is 56.6 Å². The molecule has 4 aromatic rings. The number of rotatable bonds is 12. The first-order chi connectivity index (χ1) is 27.2. The smallest absolute Gasteiger partial charge is 0.271 e. The van der Waals surface area contributed by atoms with E-state index in [9.17, 15) is 24.8 Å². The van der Waals surface area contributed by atoms with Crippen molar-refractivity contribution in [2.75, 3.05) is 25.2 Å². The SMILES string of the molecule is COc1cc(/C=C(\C)CC[C@H]2OC[C@H]3C2=C(CO[Si](c2ccccc2)(c2ccccc2)C(C)(C)C)C[C@H]2C(=O)N(c4cccc([N+](=O)[O-])c4)C(=O)[C@H]23)cc(I)c1O. The second-order valence-electron chi connectivity index (χ2n) is 16.1. The predicted molar refractivity (Wildman–Crippen MR) is 231 cm³/mol. The Bertz CT molecular complexity index is 2210. The number of allylic oxidation sites excluding steroid dienone is 1. The summed E-state index contributed by atoms with van der Waals surface area (Å²) < 4.78 is 20.1. The number of nitro groups is 1. The van der Waals surface area contributed by atoms with E-state index in [1.54, 1.807) is 6.07 Å². The third-order valence-corrected chi connectivity index (χ3v) is 17.5. The van der Waals surface area contributed by atoms with Crippen molar-refractivity contribution in [3.8, 4) is 11.5 Å². The molecule has 10 nitrogen and oxygen atoms in total. The van der Waals surface area contributed by atoms with Crippen LogP contribution in [-0.2, 0) is 18.8 Å². The van der Waals surface area contributed by atoms with Gasteiger partial charge >= 0.3 is 0 Å². The van der Waals surface area contributed by atoms with Crippen molar-refractivity contribution in [2.45, 2.75) is 58.1 Å². The fourth-order valence-corrected chi connectivity index (χ4v) is 14.3. The maximum atomic E-state index is 14.4. The van der Waals surface area contributed by atoms with Crippen LogP contribution in [0.15, 0.2) is 114 Å². The van der Waals surface area contributed by atoms with Crippen LogP contribution in [0.1, 0.15) is 52.5 Å². The molecule has 2 amide bonds. The average Bonchev–Trinajstić information content (AvgIpc) is 3.73. The quantitative estimate of drug-likeness (QED) is 0.0377. The van der Waals surface area contributed by atoms with E-state index >= 15 is 0 Å². The van der Waals surface area contributed by atoms with Gasteiger partial charge in [0.05, 0.1) is 52.4 Å². The molecule has 0 bridgehead atoms. The molecule has 0 spiro atoms. The molecule has 4 aromatic carbocycles. The van der Waals surface area contributed by atoms with Crippen LogP contribution < -0.4 is 20.0 Å². The zero-order chi connectivity index (χ0) is 40.6. The molecule has 0 unspecified atom stereocenters. The van der Waals surface area contributed by atoms with Gasteiger partial charge in [0.25, 0.3) is 14.0 Å². The van der Waals surface area contributed by atoms with Gasteiger partial charge in [-0.3, -0.25) is 19.7 Å². The molecule has 1 aliphatic carbocycles. The van der Waals surface area contributed by atoms with Gasteiger partial charge in [-0.25, -0.2) is 4.90 Å². The van der Waals surface area contributed by atoms with E-state index in [0.29, 0.717) is 28.6 Å². The minimum absolute atomic E-state index is 0.109. The second-order valence-corrected chi connectivity index (χ2v) is 21.6. The Morgan fingerprint density at radius 2 is 1.65 bits per heavy atom. The average molecular weight is 899 g/mol. The van der Waals surface area contributed by atoms with Gasteiger partial charge in [0.2, 0.25) is 11.8 Å². The highest BCUT2D eigenvalue weighted by Crippen LogP contribution is 2.51. The summed E-state index contributed by atoms with van der Waals surface area (Å²) >= 11 is 2.09. The van der Waals surface area contributed by atoms with E-state index in [-0.39, 0.29) is 59.2 Å². The number of aromatic hydroxyl groups is 1. The lowest BCUT2D eigenvalue weighted by Gasteiger charge is -2.44. The molecular formula is C45H47IN2O8Si. The van der Waals surface area contributed by atoms with Crippen LogP contribution in [0.2, 0.25) is 5.04 Å². The number of methoxy groups -OCH3 is 1. The normalized spacial score (nSPS) is 21.2. The van der Waals surface area contributed by atoms with Crippen molar-refractivity contribution in [1.82, 2.24) is 0 Å². The lowest BCUT2D eigenvalue weighted by molar-refractivity contribution is -0.384. The number of phenolic OH excluding ortho intramolecular Hbond substituents is 1. The van der Waals surface area contributed by atoms with Gasteiger partial charge in [-0.15, -0.1) is 0 Å². The number of anilines is 1. The van der Waals surface area contributed by atoms with E-state index in [1.807, 2.05) is 24.3 Å². The van der Waals surface area contributed by atoms with Crippen LogP contribution in [0.4, 0.5) is 11.4 Å². The first-order valence-electron chi connectivity index (χ1n) is 19.2. The van der Waals surface area contributed by atoms with Crippen LogP contribution >= 0.6 is 22.6 Å². The van der Waals surface area contributed by atoms with Crippen molar-refractivity contribution in [3.05, 3.63) is 133 Å². The zero-order valence-corrected chi connectivity index (χ0v) is 35.9. The van der Waals surface area contributed by atoms with Crippen LogP contribution in [0.25, 0.3) is 6.08 Å². The number of hydrogen-bond acceptors (Lipinski definition) is 8. The molecule has 3 aliphatic rings. The first kappa shape index (κ1) is 40.6. The van der Waals surface area contributed by atoms with Crippen LogP contribution in [0.3, 0.4) is 0 Å². The third kappa shape index (κ3) is 7.60. The Kier molecular flexibility index (Phi) is 11.6. The van der Waals surface area contributed by atoms with Crippen molar-refractivity contribution in [3.63, 3.8) is 0 Å². The first-order valence-corrected chi connectivity index (χ1v) is 22.2. The lowest BCUT2D eigenvalue weighted by Crippen LogP contribution is -2.66. The minimum atomic E-state index is -2.98. The Labute approximate surface area is 348 Å². The highest BCUT2D eigenvalue weighted by molar-refractivity contribution is 14.1. The number of nitro benzene ring substituents is 1. The number of phenols is 1. The number of hydrogen-bond donors (Lipinski definition) is 1. The maximum absolute atomic E-state index is 14.4. The van der Waals surface area contributed by atoms with Gasteiger partial charge in [0, 0.05) is 18.1 Å². The zero-order valence-electron chi connectivity index (χ0n) is 32.7. The molecule has 2 heterocycles. The summed E-state index contributed by atoms with van der Waals surface area (Å²) in [6.45, 7) is 9.30. The third-order valence-electron chi connectivity index (χ3n) is 11.7. The molecule has 1 N–H and O–H groups in total. The van der Waals surface area contributed by atoms with Gasteiger partial charge < -0.3 is 19.0 Å². The number of carbonyl (C=O) groups excluding carboxylic acids is 2. The molecular weight excluding hydrogens is 851 g/mol. The molecule has 7 rings (SSSR count). The molecule has 296 valence electrons. The summed E-state index contributed by atoms with van der Waals surface area (Å²) in [5.74, 6) is -1.84. The number of non-ortho nitro benzene ring substituents is 1. The fraction of sp³-hybridized carbons (Fsp3) is 0.333. The largest absolute Gasteiger partial charge is 0.504 e. The highest BCUT2D eigenvalue weighted by Gasteiger charge is 2.58. The maximum Gasteiger partial charge on any atom is 0.271 e. The number of carbonyl (C=O) groups is 2.